The summed E-state index contributed by atoms with van der Waals surface area (Å²) in [6, 6.07) is 0.342. The van der Waals surface area contributed by atoms with E-state index in [1.165, 1.54) is 0 Å². The van der Waals surface area contributed by atoms with E-state index in [-0.39, 0.29) is 11.2 Å². The van der Waals surface area contributed by atoms with Gasteiger partial charge in [-0.2, -0.15) is 0 Å². The Hall–Kier alpha value is -1.07. The van der Waals surface area contributed by atoms with Crippen LogP contribution in [-0.2, 0) is 0 Å². The summed E-state index contributed by atoms with van der Waals surface area (Å²) < 4.78 is 7.60. The van der Waals surface area contributed by atoms with Crippen LogP contribution in [0.2, 0.25) is 5.02 Å². The first-order valence-electron chi connectivity index (χ1n) is 5.37. The second kappa shape index (κ2) is 4.63. The van der Waals surface area contributed by atoms with Gasteiger partial charge in [0.05, 0.1) is 7.54 Å². The molecule has 2 rings (SSSR count). The largest absolute Gasteiger partial charge is 0.352 e. The molecule has 3 N–H and O–H groups in total. The summed E-state index contributed by atoms with van der Waals surface area (Å²) in [7, 11) is 1.62. The standard InChI is InChI=1S/C9H14ClN5/c1-11-8-7(10)5-13-9(15-8)14-6-2-3-12-4-6/h5-6,12H,2-4H2,1H3,(H2,11,13,14,15)/t6-/m1/s1/i5D. The number of aromatic nitrogens is 2. The molecule has 6 heteroatoms. The van der Waals surface area contributed by atoms with Crippen LogP contribution in [0.25, 0.3) is 0 Å². The quantitative estimate of drug-likeness (QED) is 0.685. The van der Waals surface area contributed by atoms with Gasteiger partial charge in [0.2, 0.25) is 5.95 Å². The van der Waals surface area contributed by atoms with Crippen molar-refractivity contribution < 1.29 is 1.37 Å². The summed E-state index contributed by atoms with van der Waals surface area (Å²) in [6.07, 6.45) is 1.08. The van der Waals surface area contributed by atoms with E-state index in [2.05, 4.69) is 25.6 Å². The summed E-state index contributed by atoms with van der Waals surface area (Å²) in [5.41, 5.74) is 0.482. The van der Waals surface area contributed by atoms with Crippen molar-refractivity contribution in [2.75, 3.05) is 25.5 Å². The minimum atomic E-state index is 0.0365. The maximum atomic E-state index is 7.60. The number of nitrogens with zero attached hydrogens (tertiary/aromatic N) is 2. The number of rotatable bonds is 2. The van der Waals surface area contributed by atoms with Crippen LogP contribution in [0.1, 0.15) is 7.79 Å². The van der Waals surface area contributed by atoms with Crippen LogP contribution in [-0.4, -0.2) is 36.1 Å². The molecule has 0 amide bonds. The van der Waals surface area contributed by atoms with Gasteiger partial charge in [0.15, 0.2) is 0 Å². The fourth-order valence-electron chi connectivity index (χ4n) is 1.55. The number of halogens is 1. The Morgan fingerprint density at radius 3 is 3.33 bits per heavy atom. The molecule has 82 valence electrons. The molecule has 5 nitrogen and oxygen atoms in total. The Balaban J connectivity index is 2.24. The monoisotopic (exact) mass is 228 g/mol. The van der Waals surface area contributed by atoms with Gasteiger partial charge >= 0.3 is 0 Å². The fourth-order valence-corrected chi connectivity index (χ4v) is 1.72. The predicted octanol–water partition coefficient (Wildman–Crippen LogP) is 0.367. The lowest BCUT2D eigenvalue weighted by atomic mass is 10.3. The Morgan fingerprint density at radius 1 is 1.80 bits per heavy atom. The molecule has 0 radical (unpaired) electrons. The zero-order valence-corrected chi connectivity index (χ0v) is 9.23. The van der Waals surface area contributed by atoms with Gasteiger partial charge in [-0.05, 0) is 13.0 Å². The van der Waals surface area contributed by atoms with Gasteiger partial charge in [-0.3, -0.25) is 4.99 Å². The highest BCUT2D eigenvalue weighted by Gasteiger charge is 2.14. The highest BCUT2D eigenvalue weighted by atomic mass is 35.5. The summed E-state index contributed by atoms with van der Waals surface area (Å²) >= 11 is 5.87. The first-order chi connectivity index (χ1) is 7.70. The molecule has 1 aromatic rings. The van der Waals surface area contributed by atoms with E-state index < -0.39 is 0 Å². The van der Waals surface area contributed by atoms with Gasteiger partial charge in [0, 0.05) is 19.6 Å². The molecule has 0 aromatic carbocycles. The van der Waals surface area contributed by atoms with E-state index in [0.29, 0.717) is 17.5 Å². The number of aromatic amines is 1. The topological polar surface area (TPSA) is 65.1 Å². The summed E-state index contributed by atoms with van der Waals surface area (Å²) in [5.74, 6) is 0.545. The number of H-pyrrole nitrogens is 1. The lowest BCUT2D eigenvalue weighted by molar-refractivity contribution is 0.778. The molecular formula is C9H14ClN5. The van der Waals surface area contributed by atoms with Crippen LogP contribution in [0.5, 0.6) is 0 Å². The molecule has 1 saturated heterocycles. The van der Waals surface area contributed by atoms with Crippen LogP contribution in [0, 0.1) is 0 Å². The van der Waals surface area contributed by atoms with Crippen molar-refractivity contribution in [2.24, 2.45) is 4.99 Å². The SMILES string of the molecule is [2H]c1nc(N[C@@H]2CCNC2)[nH]c(=NC)c1Cl. The van der Waals surface area contributed by atoms with E-state index in [1.54, 1.807) is 7.05 Å². The predicted molar refractivity (Wildman–Crippen MR) is 60.0 cm³/mol. The van der Waals surface area contributed by atoms with Gasteiger partial charge in [0.1, 0.15) is 10.5 Å². The van der Waals surface area contributed by atoms with E-state index in [0.717, 1.165) is 19.5 Å². The molecule has 0 aliphatic carbocycles. The number of hydrogen-bond donors (Lipinski definition) is 3. The highest BCUT2D eigenvalue weighted by Crippen LogP contribution is 2.06. The zero-order chi connectivity index (χ0) is 11.5. The van der Waals surface area contributed by atoms with Gasteiger partial charge in [-0.25, -0.2) is 4.98 Å². The average molecular weight is 229 g/mol. The Kier molecular flexibility index (Phi) is 2.83. The normalized spacial score (nSPS) is 22.9. The molecule has 1 atom stereocenters. The summed E-state index contributed by atoms with van der Waals surface area (Å²) in [5, 5.41) is 6.71. The van der Waals surface area contributed by atoms with Crippen LogP contribution >= 0.6 is 11.6 Å². The van der Waals surface area contributed by atoms with Crippen molar-refractivity contribution in [3.63, 3.8) is 0 Å². The first-order valence-corrected chi connectivity index (χ1v) is 5.25. The molecule has 2 heterocycles. The Bertz CT molecular complexity index is 438. The maximum absolute atomic E-state index is 7.60. The molecular weight excluding hydrogens is 214 g/mol. The second-order valence-electron chi connectivity index (χ2n) is 3.42. The lowest BCUT2D eigenvalue weighted by Gasteiger charge is -2.11. The average Bonchev–Trinajstić information content (AvgIpc) is 2.76. The minimum Gasteiger partial charge on any atom is -0.352 e. The van der Waals surface area contributed by atoms with Gasteiger partial charge in [-0.15, -0.1) is 0 Å². The fraction of sp³-hybridized carbons (Fsp3) is 0.556. The third-order valence-corrected chi connectivity index (χ3v) is 2.60. The maximum Gasteiger partial charge on any atom is 0.201 e. The van der Waals surface area contributed by atoms with E-state index in [9.17, 15) is 0 Å². The van der Waals surface area contributed by atoms with E-state index >= 15 is 0 Å². The van der Waals surface area contributed by atoms with Crippen LogP contribution in [0.15, 0.2) is 11.2 Å². The first kappa shape index (κ1) is 9.18. The van der Waals surface area contributed by atoms with Crippen LogP contribution in [0.4, 0.5) is 5.95 Å². The molecule has 0 spiro atoms. The third-order valence-electron chi connectivity index (χ3n) is 2.34. The molecule has 1 aliphatic rings. The van der Waals surface area contributed by atoms with Gasteiger partial charge < -0.3 is 15.6 Å². The number of hydrogen-bond acceptors (Lipinski definition) is 4. The Labute approximate surface area is 94.4 Å². The number of anilines is 1. The van der Waals surface area contributed by atoms with E-state index in [1.807, 2.05) is 0 Å². The van der Waals surface area contributed by atoms with Crippen molar-refractivity contribution in [1.82, 2.24) is 15.3 Å². The van der Waals surface area contributed by atoms with Gasteiger partial charge in [0.25, 0.3) is 0 Å². The number of nitrogens with one attached hydrogen (secondary N) is 3. The zero-order valence-electron chi connectivity index (χ0n) is 9.47. The smallest absolute Gasteiger partial charge is 0.201 e. The molecule has 0 bridgehead atoms. The van der Waals surface area contributed by atoms with Crippen LogP contribution < -0.4 is 16.1 Å². The Morgan fingerprint density at radius 2 is 2.67 bits per heavy atom. The summed E-state index contributed by atoms with van der Waals surface area (Å²) in [6.45, 7) is 1.91. The van der Waals surface area contributed by atoms with E-state index in [4.69, 9.17) is 13.0 Å². The lowest BCUT2D eigenvalue weighted by Crippen LogP contribution is -2.25. The van der Waals surface area contributed by atoms with Crippen molar-refractivity contribution in [2.45, 2.75) is 12.5 Å². The van der Waals surface area contributed by atoms with Crippen LogP contribution in [0.3, 0.4) is 0 Å². The molecule has 1 fully saturated rings. The summed E-state index contributed by atoms with van der Waals surface area (Å²) in [4.78, 5) is 10.9. The van der Waals surface area contributed by atoms with Crippen molar-refractivity contribution >= 4 is 17.5 Å². The minimum absolute atomic E-state index is 0.0365. The van der Waals surface area contributed by atoms with Crippen molar-refractivity contribution in [3.8, 4) is 0 Å². The molecule has 1 aromatic heterocycles. The second-order valence-corrected chi connectivity index (χ2v) is 3.80. The third kappa shape index (κ3) is 2.49. The highest BCUT2D eigenvalue weighted by molar-refractivity contribution is 6.30. The molecule has 0 unspecified atom stereocenters. The van der Waals surface area contributed by atoms with Crippen molar-refractivity contribution in [1.29, 1.82) is 0 Å². The van der Waals surface area contributed by atoms with Gasteiger partial charge in [-0.1, -0.05) is 11.6 Å². The molecule has 15 heavy (non-hydrogen) atoms. The van der Waals surface area contributed by atoms with Crippen molar-refractivity contribution in [3.05, 3.63) is 16.7 Å². The molecule has 1 aliphatic heterocycles. The molecule has 0 saturated carbocycles.